The summed E-state index contributed by atoms with van der Waals surface area (Å²) in [4.78, 5) is 21.1. The van der Waals surface area contributed by atoms with Crippen LogP contribution in [0.1, 0.15) is 34.2 Å². The molecule has 0 spiro atoms. The first-order valence-electron chi connectivity index (χ1n) is 11.6. The van der Waals surface area contributed by atoms with E-state index in [1.165, 1.54) is 13.8 Å². The quantitative estimate of drug-likeness (QED) is 0.214. The average Bonchev–Trinajstić information content (AvgIpc) is 3.50. The van der Waals surface area contributed by atoms with Gasteiger partial charge in [-0.1, -0.05) is 23.5 Å². The van der Waals surface area contributed by atoms with E-state index in [1.54, 1.807) is 0 Å². The second-order valence-corrected chi connectivity index (χ2v) is 12.1. The van der Waals surface area contributed by atoms with E-state index in [0.29, 0.717) is 34.1 Å². The standard InChI is InChI=1S/C23H20F6N6O5S2/c1-11-19(42(39,40)34-21(2,9-36)10-37)41-20(31-11)33-18(38)14-8-30-35-16(23(27,28)29)7-15(32-17(14)35)12-3-5-13(6-4-12)22(24,25)26/h3-8,34,36-37H,9-10H2,1-2H3,(H,31,33,38). The largest absolute Gasteiger partial charge is 0.433 e. The first-order chi connectivity index (χ1) is 19.4. The Hall–Kier alpha value is -3.65. The number of aryl methyl sites for hydroxylation is 1. The summed E-state index contributed by atoms with van der Waals surface area (Å²) < 4.78 is 108. The van der Waals surface area contributed by atoms with Crippen LogP contribution < -0.4 is 10.0 Å². The van der Waals surface area contributed by atoms with Gasteiger partial charge in [-0.25, -0.2) is 22.9 Å². The molecule has 4 aromatic rings. The van der Waals surface area contributed by atoms with Crippen molar-refractivity contribution in [2.75, 3.05) is 18.5 Å². The van der Waals surface area contributed by atoms with E-state index in [9.17, 15) is 49.8 Å². The summed E-state index contributed by atoms with van der Waals surface area (Å²) in [6.07, 6.45) is -8.89. The van der Waals surface area contributed by atoms with Gasteiger partial charge in [0, 0.05) is 5.56 Å². The summed E-state index contributed by atoms with van der Waals surface area (Å²) in [5.41, 5.74) is -5.61. The minimum Gasteiger partial charge on any atom is -0.394 e. The zero-order chi connectivity index (χ0) is 31.3. The molecule has 0 radical (unpaired) electrons. The molecule has 3 aromatic heterocycles. The molecule has 0 aliphatic carbocycles. The summed E-state index contributed by atoms with van der Waals surface area (Å²) in [7, 11) is -4.34. The highest BCUT2D eigenvalue weighted by atomic mass is 32.2. The van der Waals surface area contributed by atoms with E-state index in [0.717, 1.165) is 18.3 Å². The number of rotatable bonds is 8. The van der Waals surface area contributed by atoms with Crippen molar-refractivity contribution >= 4 is 38.0 Å². The Morgan fingerprint density at radius 3 is 2.19 bits per heavy atom. The fourth-order valence-electron chi connectivity index (χ4n) is 3.64. The number of thiazole rings is 1. The van der Waals surface area contributed by atoms with Crippen LogP contribution in [-0.4, -0.2) is 62.9 Å². The Balaban J connectivity index is 1.72. The number of aliphatic hydroxyl groups excluding tert-OH is 2. The number of aromatic nitrogens is 4. The number of alkyl halides is 6. The van der Waals surface area contributed by atoms with Crippen molar-refractivity contribution in [2.24, 2.45) is 0 Å². The lowest BCUT2D eigenvalue weighted by Crippen LogP contribution is -2.51. The normalized spacial score (nSPS) is 13.1. The van der Waals surface area contributed by atoms with Crippen molar-refractivity contribution in [3.63, 3.8) is 0 Å². The molecule has 0 saturated carbocycles. The van der Waals surface area contributed by atoms with Crippen LogP contribution in [0, 0.1) is 6.92 Å². The zero-order valence-corrected chi connectivity index (χ0v) is 23.0. The smallest absolute Gasteiger partial charge is 0.394 e. The molecule has 3 heterocycles. The van der Waals surface area contributed by atoms with Crippen LogP contribution >= 0.6 is 11.3 Å². The van der Waals surface area contributed by atoms with Crippen molar-refractivity contribution in [3.8, 4) is 11.3 Å². The lowest BCUT2D eigenvalue weighted by atomic mass is 10.1. The van der Waals surface area contributed by atoms with Gasteiger partial charge in [0.1, 0.15) is 5.56 Å². The molecule has 226 valence electrons. The molecule has 0 aliphatic heterocycles. The number of carbonyl (C=O) groups excluding carboxylic acids is 1. The predicted octanol–water partition coefficient (Wildman–Crippen LogP) is 3.47. The molecule has 0 saturated heterocycles. The number of aliphatic hydroxyl groups is 2. The number of amides is 1. The van der Waals surface area contributed by atoms with Gasteiger partial charge in [-0.2, -0.15) is 36.2 Å². The summed E-state index contributed by atoms with van der Waals surface area (Å²) in [5.74, 6) is -1.06. The highest BCUT2D eigenvalue weighted by molar-refractivity contribution is 7.91. The molecule has 0 unspecified atom stereocenters. The number of hydrogen-bond acceptors (Lipinski definition) is 9. The Morgan fingerprint density at radius 1 is 1.02 bits per heavy atom. The van der Waals surface area contributed by atoms with Crippen molar-refractivity contribution in [1.82, 2.24) is 24.3 Å². The molecule has 19 heteroatoms. The molecule has 0 bridgehead atoms. The highest BCUT2D eigenvalue weighted by Crippen LogP contribution is 2.35. The maximum absolute atomic E-state index is 13.9. The SMILES string of the molecule is Cc1nc(NC(=O)c2cnn3c(C(F)(F)F)cc(-c4ccc(C(F)(F)F)cc4)nc23)sc1S(=O)(=O)NC(C)(CO)CO. The molecule has 4 N–H and O–H groups in total. The van der Waals surface area contributed by atoms with E-state index in [-0.39, 0.29) is 20.6 Å². The van der Waals surface area contributed by atoms with E-state index in [4.69, 9.17) is 0 Å². The minimum atomic E-state index is -5.00. The Bertz CT molecular complexity index is 1750. The molecule has 11 nitrogen and oxygen atoms in total. The number of hydrogen-bond donors (Lipinski definition) is 4. The molecular formula is C23H20F6N6O5S2. The van der Waals surface area contributed by atoms with Gasteiger partial charge in [0.25, 0.3) is 15.9 Å². The number of anilines is 1. The number of carbonyl (C=O) groups is 1. The predicted molar refractivity (Wildman–Crippen MR) is 136 cm³/mol. The zero-order valence-electron chi connectivity index (χ0n) is 21.4. The van der Waals surface area contributed by atoms with Gasteiger partial charge in [0.2, 0.25) is 0 Å². The number of sulfonamides is 1. The van der Waals surface area contributed by atoms with Crippen LogP contribution in [-0.2, 0) is 22.4 Å². The first-order valence-corrected chi connectivity index (χ1v) is 13.9. The van der Waals surface area contributed by atoms with E-state index < -0.39 is 75.2 Å². The Kier molecular flexibility index (Phi) is 8.11. The number of nitrogens with one attached hydrogen (secondary N) is 2. The molecule has 0 atom stereocenters. The molecule has 0 fully saturated rings. The second-order valence-electron chi connectivity index (χ2n) is 9.22. The number of halogens is 6. The van der Waals surface area contributed by atoms with Gasteiger partial charge >= 0.3 is 12.4 Å². The third kappa shape index (κ3) is 6.24. The number of benzene rings is 1. The summed E-state index contributed by atoms with van der Waals surface area (Å²) in [5, 5.41) is 24.4. The van der Waals surface area contributed by atoms with Crippen molar-refractivity contribution in [2.45, 2.75) is 35.9 Å². The van der Waals surface area contributed by atoms with Gasteiger partial charge in [0.15, 0.2) is 20.7 Å². The fraction of sp³-hybridized carbons (Fsp3) is 0.304. The van der Waals surface area contributed by atoms with Crippen molar-refractivity contribution < 1.29 is 49.8 Å². The van der Waals surface area contributed by atoms with Gasteiger partial charge in [-0.05, 0) is 32.0 Å². The van der Waals surface area contributed by atoms with E-state index in [2.05, 4.69) is 25.1 Å². The van der Waals surface area contributed by atoms with Crippen molar-refractivity contribution in [3.05, 3.63) is 59.0 Å². The summed E-state index contributed by atoms with van der Waals surface area (Å²) in [6, 6.07) is 3.79. The maximum atomic E-state index is 13.9. The minimum absolute atomic E-state index is 0.0667. The molecule has 4 rings (SSSR count). The van der Waals surface area contributed by atoms with Crippen LogP contribution in [0.25, 0.3) is 16.9 Å². The third-order valence-corrected chi connectivity index (χ3v) is 9.13. The molecule has 42 heavy (non-hydrogen) atoms. The average molecular weight is 639 g/mol. The monoisotopic (exact) mass is 638 g/mol. The Morgan fingerprint density at radius 2 is 1.64 bits per heavy atom. The molecule has 1 aromatic carbocycles. The van der Waals surface area contributed by atoms with Crippen molar-refractivity contribution in [1.29, 1.82) is 0 Å². The van der Waals surface area contributed by atoms with Gasteiger partial charge in [-0.15, -0.1) is 0 Å². The second kappa shape index (κ2) is 10.9. The highest BCUT2D eigenvalue weighted by Gasteiger charge is 2.37. The molecule has 1 amide bonds. The van der Waals surface area contributed by atoms with Crippen LogP contribution in [0.3, 0.4) is 0 Å². The summed E-state index contributed by atoms with van der Waals surface area (Å²) in [6.45, 7) is 1.08. The van der Waals surface area contributed by atoms with Gasteiger partial charge in [-0.3, -0.25) is 10.1 Å². The first kappa shape index (κ1) is 31.3. The lowest BCUT2D eigenvalue weighted by Gasteiger charge is -2.25. The third-order valence-electron chi connectivity index (χ3n) is 5.81. The van der Waals surface area contributed by atoms with Gasteiger partial charge in [0.05, 0.1) is 41.9 Å². The topological polar surface area (TPSA) is 159 Å². The number of nitrogens with zero attached hydrogens (tertiary/aromatic N) is 4. The number of fused-ring (bicyclic) bond motifs is 1. The van der Waals surface area contributed by atoms with Gasteiger partial charge < -0.3 is 10.2 Å². The summed E-state index contributed by atoms with van der Waals surface area (Å²) >= 11 is 0.494. The molecule has 0 aliphatic rings. The lowest BCUT2D eigenvalue weighted by molar-refractivity contribution is -0.142. The van der Waals surface area contributed by atoms with E-state index in [1.807, 2.05) is 0 Å². The van der Waals surface area contributed by atoms with Crippen LogP contribution in [0.4, 0.5) is 31.5 Å². The molecular weight excluding hydrogens is 618 g/mol. The van der Waals surface area contributed by atoms with Crippen LogP contribution in [0.5, 0.6) is 0 Å². The maximum Gasteiger partial charge on any atom is 0.433 e. The van der Waals surface area contributed by atoms with E-state index >= 15 is 0 Å². The van der Waals surface area contributed by atoms with Crippen LogP contribution in [0.2, 0.25) is 0 Å². The fourth-order valence-corrected chi connectivity index (χ4v) is 6.44. The Labute approximate surface area is 236 Å². The van der Waals surface area contributed by atoms with Crippen LogP contribution in [0.15, 0.2) is 40.7 Å².